The zero-order chi connectivity index (χ0) is 19.8. The Bertz CT molecular complexity index is 748. The molecule has 6 heteroatoms. The Hall–Kier alpha value is -2.89. The topological polar surface area (TPSA) is 58.6 Å². The SMILES string of the molecule is CC(C)C(NC(=O)COc1ccccc1)C(=O)N(C)Cc1ccc(F)cc1. The molecule has 0 aliphatic heterocycles. The third-order valence-electron chi connectivity index (χ3n) is 4.07. The molecule has 144 valence electrons. The minimum Gasteiger partial charge on any atom is -0.484 e. The number of halogens is 1. The molecule has 0 aromatic heterocycles. The van der Waals surface area contributed by atoms with Crippen LogP contribution < -0.4 is 10.1 Å². The molecular formula is C21H25FN2O3. The first-order chi connectivity index (χ1) is 12.9. The van der Waals surface area contributed by atoms with Gasteiger partial charge in [0, 0.05) is 13.6 Å². The zero-order valence-corrected chi connectivity index (χ0v) is 15.8. The number of hydrogen-bond donors (Lipinski definition) is 1. The van der Waals surface area contributed by atoms with E-state index in [9.17, 15) is 14.0 Å². The highest BCUT2D eigenvalue weighted by Crippen LogP contribution is 2.11. The second-order valence-electron chi connectivity index (χ2n) is 6.71. The van der Waals surface area contributed by atoms with E-state index in [4.69, 9.17) is 4.74 Å². The molecule has 0 saturated heterocycles. The van der Waals surface area contributed by atoms with Crippen LogP contribution in [-0.4, -0.2) is 36.4 Å². The zero-order valence-electron chi connectivity index (χ0n) is 15.8. The summed E-state index contributed by atoms with van der Waals surface area (Å²) < 4.78 is 18.4. The van der Waals surface area contributed by atoms with Crippen LogP contribution in [0.15, 0.2) is 54.6 Å². The molecule has 0 aliphatic rings. The summed E-state index contributed by atoms with van der Waals surface area (Å²) in [5.41, 5.74) is 0.813. The van der Waals surface area contributed by atoms with Crippen LogP contribution in [-0.2, 0) is 16.1 Å². The van der Waals surface area contributed by atoms with Crippen LogP contribution in [0, 0.1) is 11.7 Å². The number of carbonyl (C=O) groups excluding carboxylic acids is 2. The van der Waals surface area contributed by atoms with Gasteiger partial charge in [0.05, 0.1) is 0 Å². The van der Waals surface area contributed by atoms with Crippen molar-refractivity contribution in [2.24, 2.45) is 5.92 Å². The van der Waals surface area contributed by atoms with Crippen molar-refractivity contribution in [3.8, 4) is 5.75 Å². The van der Waals surface area contributed by atoms with Gasteiger partial charge in [-0.2, -0.15) is 0 Å². The fraction of sp³-hybridized carbons (Fsp3) is 0.333. The number of para-hydroxylation sites is 1. The fourth-order valence-electron chi connectivity index (χ4n) is 2.57. The second-order valence-corrected chi connectivity index (χ2v) is 6.71. The lowest BCUT2D eigenvalue weighted by Crippen LogP contribution is -2.51. The molecule has 1 unspecified atom stereocenters. The Morgan fingerprint density at radius 3 is 2.30 bits per heavy atom. The van der Waals surface area contributed by atoms with E-state index in [0.29, 0.717) is 12.3 Å². The van der Waals surface area contributed by atoms with Crippen molar-refractivity contribution in [1.82, 2.24) is 10.2 Å². The Morgan fingerprint density at radius 2 is 1.70 bits per heavy atom. The molecule has 1 atom stereocenters. The number of rotatable bonds is 8. The summed E-state index contributed by atoms with van der Waals surface area (Å²) in [7, 11) is 1.66. The molecule has 0 fully saturated rings. The van der Waals surface area contributed by atoms with Crippen molar-refractivity contribution in [3.63, 3.8) is 0 Å². The molecule has 27 heavy (non-hydrogen) atoms. The smallest absolute Gasteiger partial charge is 0.258 e. The molecule has 2 aromatic carbocycles. The van der Waals surface area contributed by atoms with Crippen LogP contribution in [0.3, 0.4) is 0 Å². The monoisotopic (exact) mass is 372 g/mol. The van der Waals surface area contributed by atoms with Gasteiger partial charge in [0.15, 0.2) is 6.61 Å². The first-order valence-electron chi connectivity index (χ1n) is 8.83. The summed E-state index contributed by atoms with van der Waals surface area (Å²) in [6.45, 7) is 3.90. The molecule has 0 bridgehead atoms. The molecule has 0 spiro atoms. The molecule has 0 aliphatic carbocycles. The Balaban J connectivity index is 1.93. The molecule has 5 nitrogen and oxygen atoms in total. The Kier molecular flexibility index (Phi) is 7.34. The van der Waals surface area contributed by atoms with Gasteiger partial charge in [-0.15, -0.1) is 0 Å². The number of nitrogens with one attached hydrogen (secondary N) is 1. The van der Waals surface area contributed by atoms with Crippen LogP contribution in [0.4, 0.5) is 4.39 Å². The summed E-state index contributed by atoms with van der Waals surface area (Å²) in [4.78, 5) is 26.5. The minimum absolute atomic E-state index is 0.0890. The highest BCUT2D eigenvalue weighted by atomic mass is 19.1. The van der Waals surface area contributed by atoms with Crippen molar-refractivity contribution in [1.29, 1.82) is 0 Å². The molecule has 0 heterocycles. The summed E-state index contributed by atoms with van der Waals surface area (Å²) in [5.74, 6) is -0.385. The molecule has 2 rings (SSSR count). The van der Waals surface area contributed by atoms with Crippen molar-refractivity contribution in [3.05, 3.63) is 66.0 Å². The lowest BCUT2D eigenvalue weighted by atomic mass is 10.0. The predicted octanol–water partition coefficient (Wildman–Crippen LogP) is 3.00. The third-order valence-corrected chi connectivity index (χ3v) is 4.07. The van der Waals surface area contributed by atoms with Gasteiger partial charge in [0.2, 0.25) is 5.91 Å². The van der Waals surface area contributed by atoms with E-state index >= 15 is 0 Å². The molecule has 2 aromatic rings. The van der Waals surface area contributed by atoms with Crippen LogP contribution in [0.1, 0.15) is 19.4 Å². The van der Waals surface area contributed by atoms with Crippen LogP contribution in [0.2, 0.25) is 0 Å². The number of ether oxygens (including phenoxy) is 1. The summed E-state index contributed by atoms with van der Waals surface area (Å²) in [6, 6.07) is 14.3. The summed E-state index contributed by atoms with van der Waals surface area (Å²) in [5, 5.41) is 2.75. The van der Waals surface area contributed by atoms with E-state index in [1.807, 2.05) is 32.0 Å². The maximum atomic E-state index is 13.0. The first-order valence-corrected chi connectivity index (χ1v) is 8.83. The van der Waals surface area contributed by atoms with Gasteiger partial charge >= 0.3 is 0 Å². The number of benzene rings is 2. The van der Waals surface area contributed by atoms with Gasteiger partial charge in [0.1, 0.15) is 17.6 Å². The number of amides is 2. The first kappa shape index (κ1) is 20.4. The minimum atomic E-state index is -0.665. The lowest BCUT2D eigenvalue weighted by molar-refractivity contribution is -0.137. The van der Waals surface area contributed by atoms with Gasteiger partial charge in [-0.1, -0.05) is 44.2 Å². The lowest BCUT2D eigenvalue weighted by Gasteiger charge is -2.27. The van der Waals surface area contributed by atoms with E-state index < -0.39 is 6.04 Å². The quantitative estimate of drug-likeness (QED) is 0.775. The van der Waals surface area contributed by atoms with E-state index in [1.54, 1.807) is 31.3 Å². The van der Waals surface area contributed by atoms with E-state index in [0.717, 1.165) is 5.56 Å². The van der Waals surface area contributed by atoms with Gasteiger partial charge in [-0.25, -0.2) is 4.39 Å². The predicted molar refractivity (Wildman–Crippen MR) is 102 cm³/mol. The Morgan fingerprint density at radius 1 is 1.07 bits per heavy atom. The fourth-order valence-corrected chi connectivity index (χ4v) is 2.57. The maximum absolute atomic E-state index is 13.0. The molecule has 0 radical (unpaired) electrons. The van der Waals surface area contributed by atoms with Crippen molar-refractivity contribution in [2.75, 3.05) is 13.7 Å². The molecule has 0 saturated carbocycles. The summed E-state index contributed by atoms with van der Waals surface area (Å²) >= 11 is 0. The van der Waals surface area contributed by atoms with Crippen molar-refractivity contribution < 1.29 is 18.7 Å². The summed E-state index contributed by atoms with van der Waals surface area (Å²) in [6.07, 6.45) is 0. The van der Waals surface area contributed by atoms with E-state index in [1.165, 1.54) is 17.0 Å². The average Bonchev–Trinajstić information content (AvgIpc) is 2.66. The average molecular weight is 372 g/mol. The van der Waals surface area contributed by atoms with Crippen LogP contribution in [0.25, 0.3) is 0 Å². The van der Waals surface area contributed by atoms with Gasteiger partial charge < -0.3 is 15.0 Å². The van der Waals surface area contributed by atoms with Gasteiger partial charge in [-0.3, -0.25) is 9.59 Å². The van der Waals surface area contributed by atoms with Crippen molar-refractivity contribution >= 4 is 11.8 Å². The number of nitrogens with zero attached hydrogens (tertiary/aromatic N) is 1. The molecule has 1 N–H and O–H groups in total. The molecular weight excluding hydrogens is 347 g/mol. The van der Waals surface area contributed by atoms with Crippen molar-refractivity contribution in [2.45, 2.75) is 26.4 Å². The number of carbonyl (C=O) groups is 2. The second kappa shape index (κ2) is 9.71. The van der Waals surface area contributed by atoms with Gasteiger partial charge in [-0.05, 0) is 35.7 Å². The highest BCUT2D eigenvalue weighted by molar-refractivity contribution is 5.88. The Labute approximate surface area is 159 Å². The van der Waals surface area contributed by atoms with E-state index in [-0.39, 0.29) is 30.2 Å². The molecule has 2 amide bonds. The highest BCUT2D eigenvalue weighted by Gasteiger charge is 2.27. The number of hydrogen-bond acceptors (Lipinski definition) is 3. The standard InChI is InChI=1S/C21H25FN2O3/c1-15(2)20(23-19(25)14-27-18-7-5-4-6-8-18)21(26)24(3)13-16-9-11-17(22)12-10-16/h4-12,15,20H,13-14H2,1-3H3,(H,23,25). The van der Waals surface area contributed by atoms with Crippen LogP contribution >= 0.6 is 0 Å². The normalized spacial score (nSPS) is 11.7. The number of likely N-dealkylation sites (N-methyl/N-ethyl adjacent to an activating group) is 1. The third kappa shape index (κ3) is 6.40. The van der Waals surface area contributed by atoms with Gasteiger partial charge in [0.25, 0.3) is 5.91 Å². The largest absolute Gasteiger partial charge is 0.484 e. The maximum Gasteiger partial charge on any atom is 0.258 e. The van der Waals surface area contributed by atoms with E-state index in [2.05, 4.69) is 5.32 Å². The van der Waals surface area contributed by atoms with Crippen LogP contribution in [0.5, 0.6) is 5.75 Å².